The Morgan fingerprint density at radius 1 is 1.33 bits per heavy atom. The van der Waals surface area contributed by atoms with Crippen LogP contribution in [-0.2, 0) is 9.84 Å². The molecule has 0 amide bonds. The van der Waals surface area contributed by atoms with Gasteiger partial charge in [-0.2, -0.15) is 0 Å². The van der Waals surface area contributed by atoms with Gasteiger partial charge in [0.15, 0.2) is 9.84 Å². The Bertz CT molecular complexity index is 374. The largest absolute Gasteiger partial charge is 0.330 e. The molecule has 0 aromatic carbocycles. The molecule has 1 atom stereocenters. The van der Waals surface area contributed by atoms with Crippen molar-refractivity contribution in [2.24, 2.45) is 11.1 Å². The maximum Gasteiger partial charge on any atom is 0.151 e. The van der Waals surface area contributed by atoms with E-state index in [0.29, 0.717) is 11.5 Å². The van der Waals surface area contributed by atoms with Crippen LogP contribution in [0, 0.1) is 5.41 Å². The van der Waals surface area contributed by atoms with Gasteiger partial charge in [0.2, 0.25) is 0 Å². The van der Waals surface area contributed by atoms with Crippen LogP contribution in [-0.4, -0.2) is 50.5 Å². The van der Waals surface area contributed by atoms with Crippen LogP contribution in [0.4, 0.5) is 0 Å². The molecule has 2 rings (SSSR count). The van der Waals surface area contributed by atoms with Gasteiger partial charge in [0, 0.05) is 12.6 Å². The Morgan fingerprint density at radius 2 is 2.00 bits per heavy atom. The Morgan fingerprint density at radius 3 is 2.44 bits per heavy atom. The predicted octanol–water partition coefficient (Wildman–Crippen LogP) is 1.01. The van der Waals surface area contributed by atoms with Crippen LogP contribution >= 0.6 is 0 Å². The van der Waals surface area contributed by atoms with Crippen molar-refractivity contribution in [2.75, 3.05) is 31.1 Å². The third kappa shape index (κ3) is 3.06. The minimum atomic E-state index is -2.78. The van der Waals surface area contributed by atoms with Crippen molar-refractivity contribution in [3.8, 4) is 0 Å². The van der Waals surface area contributed by atoms with E-state index in [4.69, 9.17) is 5.73 Å². The van der Waals surface area contributed by atoms with Gasteiger partial charge in [-0.15, -0.1) is 0 Å². The van der Waals surface area contributed by atoms with Gasteiger partial charge < -0.3 is 5.73 Å². The van der Waals surface area contributed by atoms with Crippen LogP contribution in [0.15, 0.2) is 0 Å². The molecule has 2 aliphatic rings. The molecule has 0 aromatic heterocycles. The maximum absolute atomic E-state index is 11.6. The molecular weight excluding hydrogens is 248 g/mol. The van der Waals surface area contributed by atoms with E-state index in [1.807, 2.05) is 0 Å². The van der Waals surface area contributed by atoms with Gasteiger partial charge in [0.1, 0.15) is 0 Å². The van der Waals surface area contributed by atoms with Crippen LogP contribution < -0.4 is 5.73 Å². The Labute approximate surface area is 111 Å². The highest BCUT2D eigenvalue weighted by atomic mass is 32.2. The van der Waals surface area contributed by atoms with Crippen LogP contribution in [0.1, 0.15) is 39.0 Å². The summed E-state index contributed by atoms with van der Waals surface area (Å²) in [5.74, 6) is 0.714. The second-order valence-electron chi connectivity index (χ2n) is 6.03. The maximum atomic E-state index is 11.6. The van der Waals surface area contributed by atoms with Crippen molar-refractivity contribution in [2.45, 2.75) is 45.1 Å². The molecule has 106 valence electrons. The van der Waals surface area contributed by atoms with Gasteiger partial charge in [0.05, 0.1) is 11.5 Å². The first-order valence-electron chi connectivity index (χ1n) is 7.15. The highest BCUT2D eigenvalue weighted by Crippen LogP contribution is 2.38. The molecule has 0 spiro atoms. The lowest BCUT2D eigenvalue weighted by molar-refractivity contribution is 0.130. The fourth-order valence-electron chi connectivity index (χ4n) is 3.55. The summed E-state index contributed by atoms with van der Waals surface area (Å²) in [7, 11) is -2.78. The van der Waals surface area contributed by atoms with E-state index in [0.717, 1.165) is 26.1 Å². The second-order valence-corrected chi connectivity index (χ2v) is 8.26. The molecule has 18 heavy (non-hydrogen) atoms. The summed E-state index contributed by atoms with van der Waals surface area (Å²) in [6, 6.07) is 0.226. The summed E-state index contributed by atoms with van der Waals surface area (Å²) >= 11 is 0. The first-order valence-corrected chi connectivity index (χ1v) is 8.97. The van der Waals surface area contributed by atoms with Gasteiger partial charge in [-0.3, -0.25) is 4.90 Å². The molecule has 2 N–H and O–H groups in total. The van der Waals surface area contributed by atoms with Gasteiger partial charge in [0.25, 0.3) is 0 Å². The number of hydrogen-bond acceptors (Lipinski definition) is 4. The summed E-state index contributed by atoms with van der Waals surface area (Å²) in [6.45, 7) is 4.79. The Balaban J connectivity index is 2.01. The average Bonchev–Trinajstić information content (AvgIpc) is 2.93. The molecule has 1 heterocycles. The second kappa shape index (κ2) is 5.47. The van der Waals surface area contributed by atoms with Gasteiger partial charge in [-0.1, -0.05) is 19.8 Å². The van der Waals surface area contributed by atoms with Crippen LogP contribution in [0.2, 0.25) is 0 Å². The summed E-state index contributed by atoms with van der Waals surface area (Å²) in [6.07, 6.45) is 5.77. The molecule has 1 aliphatic heterocycles. The molecule has 0 radical (unpaired) electrons. The van der Waals surface area contributed by atoms with E-state index in [1.165, 1.54) is 25.7 Å². The molecule has 1 unspecified atom stereocenters. The minimum absolute atomic E-state index is 0.226. The SMILES string of the molecule is CCN(CC1(CN)CCCC1)C1CCS(=O)(=O)C1. The quantitative estimate of drug-likeness (QED) is 0.813. The highest BCUT2D eigenvalue weighted by molar-refractivity contribution is 7.91. The van der Waals surface area contributed by atoms with Crippen molar-refractivity contribution in [1.82, 2.24) is 4.90 Å². The van der Waals surface area contributed by atoms with E-state index in [2.05, 4.69) is 11.8 Å². The molecule has 1 saturated heterocycles. The normalized spacial score (nSPS) is 30.1. The van der Waals surface area contributed by atoms with Crippen molar-refractivity contribution in [3.63, 3.8) is 0 Å². The zero-order valence-corrected chi connectivity index (χ0v) is 12.2. The molecule has 1 saturated carbocycles. The summed E-state index contributed by atoms with van der Waals surface area (Å²) in [4.78, 5) is 2.36. The van der Waals surface area contributed by atoms with E-state index in [1.54, 1.807) is 0 Å². The molecule has 5 heteroatoms. The van der Waals surface area contributed by atoms with Crippen molar-refractivity contribution in [1.29, 1.82) is 0 Å². The third-order valence-corrected chi connectivity index (χ3v) is 6.52. The predicted molar refractivity (Wildman–Crippen MR) is 74.3 cm³/mol. The standard InChI is InChI=1S/C13H26N2O2S/c1-2-15(12-5-8-18(16,17)9-12)11-13(10-14)6-3-4-7-13/h12H,2-11,14H2,1H3. The number of hydrogen-bond donors (Lipinski definition) is 1. The zero-order chi connectivity index (χ0) is 13.2. The van der Waals surface area contributed by atoms with Crippen LogP contribution in [0.25, 0.3) is 0 Å². The summed E-state index contributed by atoms with van der Waals surface area (Å²) < 4.78 is 23.2. The monoisotopic (exact) mass is 274 g/mol. The van der Waals surface area contributed by atoms with E-state index in [-0.39, 0.29) is 11.5 Å². The van der Waals surface area contributed by atoms with E-state index >= 15 is 0 Å². The summed E-state index contributed by atoms with van der Waals surface area (Å²) in [5, 5.41) is 0. The van der Waals surface area contributed by atoms with E-state index in [9.17, 15) is 8.42 Å². The third-order valence-electron chi connectivity index (χ3n) is 4.77. The summed E-state index contributed by atoms with van der Waals surface area (Å²) in [5.41, 5.74) is 6.23. The minimum Gasteiger partial charge on any atom is -0.330 e. The lowest BCUT2D eigenvalue weighted by atomic mass is 9.85. The van der Waals surface area contributed by atoms with Crippen molar-refractivity contribution in [3.05, 3.63) is 0 Å². The number of sulfone groups is 1. The Kier molecular flexibility index (Phi) is 4.34. The van der Waals surface area contributed by atoms with Crippen LogP contribution in [0.5, 0.6) is 0 Å². The molecule has 0 bridgehead atoms. The lowest BCUT2D eigenvalue weighted by Crippen LogP contribution is -2.46. The fraction of sp³-hybridized carbons (Fsp3) is 1.00. The first-order chi connectivity index (χ1) is 8.50. The zero-order valence-electron chi connectivity index (χ0n) is 11.4. The fourth-order valence-corrected chi connectivity index (χ4v) is 5.31. The number of nitrogens with two attached hydrogens (primary N) is 1. The molecule has 0 aromatic rings. The van der Waals surface area contributed by atoms with Gasteiger partial charge in [-0.05, 0) is 37.8 Å². The van der Waals surface area contributed by atoms with Crippen molar-refractivity contribution >= 4 is 9.84 Å². The number of rotatable bonds is 5. The molecule has 1 aliphatic carbocycles. The van der Waals surface area contributed by atoms with E-state index < -0.39 is 9.84 Å². The van der Waals surface area contributed by atoms with Crippen LogP contribution in [0.3, 0.4) is 0 Å². The van der Waals surface area contributed by atoms with Crippen molar-refractivity contribution < 1.29 is 8.42 Å². The highest BCUT2D eigenvalue weighted by Gasteiger charge is 2.38. The average molecular weight is 274 g/mol. The smallest absolute Gasteiger partial charge is 0.151 e. The molecule has 4 nitrogen and oxygen atoms in total. The first kappa shape index (κ1) is 14.3. The number of nitrogens with zero attached hydrogens (tertiary/aromatic N) is 1. The van der Waals surface area contributed by atoms with Gasteiger partial charge in [-0.25, -0.2) is 8.42 Å². The molecular formula is C13H26N2O2S. The van der Waals surface area contributed by atoms with Gasteiger partial charge >= 0.3 is 0 Å². The molecule has 2 fully saturated rings. The Hall–Kier alpha value is -0.130. The topological polar surface area (TPSA) is 63.4 Å². The lowest BCUT2D eigenvalue weighted by Gasteiger charge is -2.37.